The predicted octanol–water partition coefficient (Wildman–Crippen LogP) is 3.26. The lowest BCUT2D eigenvalue weighted by Crippen LogP contribution is -2.36. The molecule has 7 nitrogen and oxygen atoms in total. The minimum Gasteiger partial charge on any atom is -0.355 e. The molecule has 0 bridgehead atoms. The maximum Gasteiger partial charge on any atom is 0.261 e. The standard InChI is InChI=1S/C25H31N3O4S/c1-18-6-11-22(17-19(18)2)33(31,32)27-21-9-7-20(8-10-21)25(12-13-25)24(30)26-14-4-16-28-15-3-5-23(28)29/h6-11,17,27H,3-5,12-16H2,1-2H3,(H,26,30). The van der Waals surface area contributed by atoms with Crippen molar-refractivity contribution in [2.24, 2.45) is 0 Å². The Morgan fingerprint density at radius 1 is 1.06 bits per heavy atom. The molecule has 1 saturated heterocycles. The van der Waals surface area contributed by atoms with Gasteiger partial charge in [-0.15, -0.1) is 0 Å². The number of anilines is 1. The summed E-state index contributed by atoms with van der Waals surface area (Å²) in [5, 5.41) is 3.02. The maximum atomic E-state index is 12.8. The molecule has 0 radical (unpaired) electrons. The van der Waals surface area contributed by atoms with Crippen molar-refractivity contribution in [1.82, 2.24) is 10.2 Å². The van der Waals surface area contributed by atoms with Gasteiger partial charge >= 0.3 is 0 Å². The number of sulfonamides is 1. The molecule has 33 heavy (non-hydrogen) atoms. The van der Waals surface area contributed by atoms with Crippen LogP contribution in [0.25, 0.3) is 0 Å². The van der Waals surface area contributed by atoms with E-state index in [-0.39, 0.29) is 16.7 Å². The lowest BCUT2D eigenvalue weighted by atomic mass is 9.95. The average Bonchev–Trinajstić information content (AvgIpc) is 3.50. The van der Waals surface area contributed by atoms with Crippen LogP contribution < -0.4 is 10.0 Å². The molecule has 2 aromatic rings. The third-order valence-electron chi connectivity index (χ3n) is 6.72. The summed E-state index contributed by atoms with van der Waals surface area (Å²) in [5.74, 6) is 0.201. The van der Waals surface area contributed by atoms with Gasteiger partial charge < -0.3 is 10.2 Å². The second-order valence-corrected chi connectivity index (χ2v) is 10.8. The van der Waals surface area contributed by atoms with Crippen LogP contribution >= 0.6 is 0 Å². The summed E-state index contributed by atoms with van der Waals surface area (Å²) < 4.78 is 28.1. The zero-order valence-electron chi connectivity index (χ0n) is 19.2. The number of nitrogens with one attached hydrogen (secondary N) is 2. The first-order valence-corrected chi connectivity index (χ1v) is 13.0. The molecule has 0 aromatic heterocycles. The van der Waals surface area contributed by atoms with E-state index in [4.69, 9.17) is 0 Å². The molecule has 1 aliphatic heterocycles. The molecule has 2 fully saturated rings. The number of carbonyl (C=O) groups is 2. The molecule has 4 rings (SSSR count). The quantitative estimate of drug-likeness (QED) is 0.551. The molecule has 2 N–H and O–H groups in total. The molecule has 0 unspecified atom stereocenters. The number of benzene rings is 2. The highest BCUT2D eigenvalue weighted by Gasteiger charge is 2.51. The molecule has 8 heteroatoms. The first-order valence-electron chi connectivity index (χ1n) is 11.5. The summed E-state index contributed by atoms with van der Waals surface area (Å²) in [6.07, 6.45) is 3.85. The number of hydrogen-bond acceptors (Lipinski definition) is 4. The van der Waals surface area contributed by atoms with Crippen molar-refractivity contribution >= 4 is 27.5 Å². The van der Waals surface area contributed by atoms with Crippen LogP contribution in [-0.4, -0.2) is 44.8 Å². The highest BCUT2D eigenvalue weighted by atomic mass is 32.2. The van der Waals surface area contributed by atoms with Crippen LogP contribution in [0.15, 0.2) is 47.4 Å². The predicted molar refractivity (Wildman–Crippen MR) is 128 cm³/mol. The summed E-state index contributed by atoms with van der Waals surface area (Å²) in [6, 6.07) is 12.1. The van der Waals surface area contributed by atoms with Crippen molar-refractivity contribution in [3.05, 3.63) is 59.2 Å². The summed E-state index contributed by atoms with van der Waals surface area (Å²) >= 11 is 0. The fraction of sp³-hybridized carbons (Fsp3) is 0.440. The van der Waals surface area contributed by atoms with E-state index in [0.29, 0.717) is 25.2 Å². The number of carbonyl (C=O) groups excluding carboxylic acids is 2. The van der Waals surface area contributed by atoms with Crippen LogP contribution in [-0.2, 0) is 25.0 Å². The third-order valence-corrected chi connectivity index (χ3v) is 8.10. The zero-order chi connectivity index (χ0) is 23.6. The first-order chi connectivity index (χ1) is 15.7. The van der Waals surface area contributed by atoms with Crippen LogP contribution in [0.5, 0.6) is 0 Å². The van der Waals surface area contributed by atoms with Gasteiger partial charge in [-0.2, -0.15) is 0 Å². The van der Waals surface area contributed by atoms with Crippen LogP contribution in [0.3, 0.4) is 0 Å². The highest BCUT2D eigenvalue weighted by Crippen LogP contribution is 2.48. The van der Waals surface area contributed by atoms with E-state index < -0.39 is 15.4 Å². The summed E-state index contributed by atoms with van der Waals surface area (Å²) in [5.41, 5.74) is 2.78. The molecule has 1 aliphatic carbocycles. The van der Waals surface area contributed by atoms with Gasteiger partial charge in [0.05, 0.1) is 10.3 Å². The summed E-state index contributed by atoms with van der Waals surface area (Å²) in [6.45, 7) is 5.86. The van der Waals surface area contributed by atoms with Crippen LogP contribution in [0, 0.1) is 13.8 Å². The van der Waals surface area contributed by atoms with E-state index in [9.17, 15) is 18.0 Å². The molecule has 2 aromatic carbocycles. The molecule has 1 heterocycles. The van der Waals surface area contributed by atoms with E-state index in [0.717, 1.165) is 48.9 Å². The number of amides is 2. The van der Waals surface area contributed by atoms with Gasteiger partial charge in [0, 0.05) is 31.7 Å². The van der Waals surface area contributed by atoms with Gasteiger partial charge in [-0.25, -0.2) is 8.42 Å². The molecule has 0 atom stereocenters. The number of nitrogens with zero attached hydrogens (tertiary/aromatic N) is 1. The molecule has 2 amide bonds. The van der Waals surface area contributed by atoms with Gasteiger partial charge in [0.1, 0.15) is 0 Å². The van der Waals surface area contributed by atoms with E-state index in [1.54, 1.807) is 30.3 Å². The lowest BCUT2D eigenvalue weighted by Gasteiger charge is -2.18. The Hall–Kier alpha value is -2.87. The first kappa shape index (κ1) is 23.3. The smallest absolute Gasteiger partial charge is 0.261 e. The SMILES string of the molecule is Cc1ccc(S(=O)(=O)Nc2ccc(C3(C(=O)NCCCN4CCCC4=O)CC3)cc2)cc1C. The maximum absolute atomic E-state index is 12.8. The van der Waals surface area contributed by atoms with Gasteiger partial charge in [0.25, 0.3) is 10.0 Å². The van der Waals surface area contributed by atoms with Crippen molar-refractivity contribution in [3.63, 3.8) is 0 Å². The van der Waals surface area contributed by atoms with Gasteiger partial charge in [0.2, 0.25) is 11.8 Å². The summed E-state index contributed by atoms with van der Waals surface area (Å²) in [4.78, 5) is 26.6. The van der Waals surface area contributed by atoms with E-state index in [1.165, 1.54) is 0 Å². The number of hydrogen-bond donors (Lipinski definition) is 2. The Morgan fingerprint density at radius 3 is 2.39 bits per heavy atom. The Kier molecular flexibility index (Phi) is 6.47. The monoisotopic (exact) mass is 469 g/mol. The Bertz CT molecular complexity index is 1150. The minimum absolute atomic E-state index is 0.00119. The van der Waals surface area contributed by atoms with E-state index in [1.807, 2.05) is 30.9 Å². The number of likely N-dealkylation sites (tertiary alicyclic amines) is 1. The van der Waals surface area contributed by atoms with Crippen molar-refractivity contribution in [2.75, 3.05) is 24.4 Å². The van der Waals surface area contributed by atoms with Gasteiger partial charge in [-0.05, 0) is 80.5 Å². The van der Waals surface area contributed by atoms with Crippen molar-refractivity contribution in [1.29, 1.82) is 0 Å². The molecular weight excluding hydrogens is 438 g/mol. The van der Waals surface area contributed by atoms with Crippen molar-refractivity contribution in [3.8, 4) is 0 Å². The van der Waals surface area contributed by atoms with Gasteiger partial charge in [-0.1, -0.05) is 18.2 Å². The van der Waals surface area contributed by atoms with Crippen LogP contribution in [0.1, 0.15) is 48.8 Å². The molecule has 0 spiro atoms. The Labute approximate surface area is 195 Å². The minimum atomic E-state index is -3.68. The number of rotatable bonds is 9. The molecular formula is C25H31N3O4S. The zero-order valence-corrected chi connectivity index (χ0v) is 20.0. The molecule has 1 saturated carbocycles. The van der Waals surface area contributed by atoms with Gasteiger partial charge in [-0.3, -0.25) is 14.3 Å². The Morgan fingerprint density at radius 2 is 1.79 bits per heavy atom. The fourth-order valence-corrected chi connectivity index (χ4v) is 5.45. The average molecular weight is 470 g/mol. The second kappa shape index (κ2) is 9.17. The number of aryl methyl sites for hydroxylation is 2. The van der Waals surface area contributed by atoms with E-state index in [2.05, 4.69) is 10.0 Å². The van der Waals surface area contributed by atoms with Crippen LogP contribution in [0.4, 0.5) is 5.69 Å². The van der Waals surface area contributed by atoms with Crippen molar-refractivity contribution < 1.29 is 18.0 Å². The van der Waals surface area contributed by atoms with E-state index >= 15 is 0 Å². The van der Waals surface area contributed by atoms with Crippen LogP contribution in [0.2, 0.25) is 0 Å². The van der Waals surface area contributed by atoms with Crippen molar-refractivity contribution in [2.45, 2.75) is 56.3 Å². The topological polar surface area (TPSA) is 95.6 Å². The largest absolute Gasteiger partial charge is 0.355 e. The lowest BCUT2D eigenvalue weighted by molar-refractivity contribution is -0.127. The van der Waals surface area contributed by atoms with Gasteiger partial charge in [0.15, 0.2) is 0 Å². The molecule has 2 aliphatic rings. The normalized spacial score (nSPS) is 17.2. The highest BCUT2D eigenvalue weighted by molar-refractivity contribution is 7.92. The summed E-state index contributed by atoms with van der Waals surface area (Å²) in [7, 11) is -3.68. The third kappa shape index (κ3) is 5.05. The second-order valence-electron chi connectivity index (χ2n) is 9.10. The molecule has 176 valence electrons. The Balaban J connectivity index is 1.34. The fourth-order valence-electron chi connectivity index (χ4n) is 4.31.